The van der Waals surface area contributed by atoms with E-state index in [1.165, 1.54) is 0 Å². The number of hydrogen-bond acceptors (Lipinski definition) is 5. The van der Waals surface area contributed by atoms with Crippen molar-refractivity contribution in [2.24, 2.45) is 0 Å². The van der Waals surface area contributed by atoms with E-state index in [1.807, 2.05) is 30.3 Å². The highest BCUT2D eigenvalue weighted by molar-refractivity contribution is 7.10. The van der Waals surface area contributed by atoms with Crippen molar-refractivity contribution in [3.63, 3.8) is 0 Å². The fourth-order valence-electron chi connectivity index (χ4n) is 1.25. The van der Waals surface area contributed by atoms with Crippen molar-refractivity contribution in [1.82, 2.24) is 9.59 Å². The molecule has 0 spiro atoms. The summed E-state index contributed by atoms with van der Waals surface area (Å²) < 4.78 is 9.16. The molecule has 0 bridgehead atoms. The van der Waals surface area contributed by atoms with Crippen molar-refractivity contribution in [2.75, 3.05) is 0 Å². The summed E-state index contributed by atoms with van der Waals surface area (Å²) in [5, 5.41) is 3.75. The van der Waals surface area contributed by atoms with E-state index >= 15 is 0 Å². The molecule has 0 saturated heterocycles. The molecule has 2 rings (SSSR count). The molecule has 0 saturated carbocycles. The third kappa shape index (κ3) is 3.51. The maximum absolute atomic E-state index is 11.5. The van der Waals surface area contributed by atoms with Crippen LogP contribution >= 0.6 is 23.1 Å². The van der Waals surface area contributed by atoms with Crippen molar-refractivity contribution >= 4 is 29.1 Å². The fourth-order valence-corrected chi connectivity index (χ4v) is 1.85. The van der Waals surface area contributed by atoms with E-state index in [9.17, 15) is 4.79 Å². The summed E-state index contributed by atoms with van der Waals surface area (Å²) in [5.41, 5.74) is 1.41. The molecule has 0 unspecified atom stereocenters. The average molecular weight is 269 g/mol. The van der Waals surface area contributed by atoms with Crippen LogP contribution in [0.25, 0.3) is 0 Å². The zero-order valence-corrected chi connectivity index (χ0v) is 10.4. The van der Waals surface area contributed by atoms with E-state index in [0.29, 0.717) is 10.0 Å². The van der Waals surface area contributed by atoms with E-state index in [0.717, 1.165) is 17.1 Å². The van der Waals surface area contributed by atoms with E-state index in [-0.39, 0.29) is 19.0 Å². The summed E-state index contributed by atoms with van der Waals surface area (Å²) in [5.74, 6) is -0.305. The Labute approximate surface area is 107 Å². The van der Waals surface area contributed by atoms with Crippen LogP contribution in [0.15, 0.2) is 30.3 Å². The number of nitrogens with zero attached hydrogens (tertiary/aromatic N) is 2. The molecule has 2 aromatic rings. The van der Waals surface area contributed by atoms with Gasteiger partial charge in [0.05, 0.1) is 6.42 Å². The van der Waals surface area contributed by atoms with Crippen LogP contribution in [0.3, 0.4) is 0 Å². The minimum atomic E-state index is -0.305. The molecule has 0 amide bonds. The van der Waals surface area contributed by atoms with Gasteiger partial charge in [-0.2, -0.15) is 0 Å². The van der Waals surface area contributed by atoms with Crippen LogP contribution in [0.2, 0.25) is 4.34 Å². The average Bonchev–Trinajstić information content (AvgIpc) is 2.74. The fraction of sp³-hybridized carbons (Fsp3) is 0.182. The topological polar surface area (TPSA) is 52.1 Å². The minimum Gasteiger partial charge on any atom is -0.459 e. The summed E-state index contributed by atoms with van der Waals surface area (Å²) in [6.45, 7) is 0.0704. The molecule has 0 radical (unpaired) electrons. The third-order valence-electron chi connectivity index (χ3n) is 2.07. The van der Waals surface area contributed by atoms with Gasteiger partial charge < -0.3 is 4.74 Å². The quantitative estimate of drug-likeness (QED) is 0.800. The number of carbonyl (C=O) groups excluding carboxylic acids is 1. The van der Waals surface area contributed by atoms with Gasteiger partial charge in [0.15, 0.2) is 0 Å². The normalized spacial score (nSPS) is 10.2. The second kappa shape index (κ2) is 5.75. The Balaban J connectivity index is 1.84. The Morgan fingerprint density at radius 2 is 2.12 bits per heavy atom. The van der Waals surface area contributed by atoms with Crippen LogP contribution in [0.1, 0.15) is 11.3 Å². The third-order valence-corrected chi connectivity index (χ3v) is 3.05. The van der Waals surface area contributed by atoms with Gasteiger partial charge in [-0.05, 0) is 5.56 Å². The molecule has 0 aliphatic carbocycles. The predicted molar refractivity (Wildman–Crippen MR) is 64.9 cm³/mol. The zero-order valence-electron chi connectivity index (χ0n) is 8.80. The maximum atomic E-state index is 11.5. The number of halogens is 1. The minimum absolute atomic E-state index is 0.0704. The van der Waals surface area contributed by atoms with Crippen LogP contribution in [0, 0.1) is 0 Å². The van der Waals surface area contributed by atoms with Crippen molar-refractivity contribution in [2.45, 2.75) is 13.0 Å². The van der Waals surface area contributed by atoms with Crippen LogP contribution in [-0.2, 0) is 22.6 Å². The SMILES string of the molecule is O=C(Cc1ccccc1)OCc1nnsc1Cl. The van der Waals surface area contributed by atoms with Gasteiger partial charge in [0, 0.05) is 11.5 Å². The number of hydrogen-bond donors (Lipinski definition) is 0. The van der Waals surface area contributed by atoms with Gasteiger partial charge in [-0.15, -0.1) is 5.10 Å². The molecule has 0 atom stereocenters. The standard InChI is InChI=1S/C11H9ClN2O2S/c12-11-9(13-14-17-11)7-16-10(15)6-8-4-2-1-3-5-8/h1-5H,6-7H2. The van der Waals surface area contributed by atoms with Gasteiger partial charge in [0.2, 0.25) is 0 Å². The van der Waals surface area contributed by atoms with Crippen molar-refractivity contribution in [1.29, 1.82) is 0 Å². The van der Waals surface area contributed by atoms with Crippen molar-refractivity contribution in [3.05, 3.63) is 45.9 Å². The Kier molecular flexibility index (Phi) is 4.06. The molecule has 1 aromatic heterocycles. The Morgan fingerprint density at radius 1 is 1.35 bits per heavy atom. The number of carbonyl (C=O) groups is 1. The molecular weight excluding hydrogens is 260 g/mol. The molecule has 1 heterocycles. The molecule has 0 N–H and O–H groups in total. The lowest BCUT2D eigenvalue weighted by Crippen LogP contribution is -2.08. The summed E-state index contributed by atoms with van der Waals surface area (Å²) in [4.78, 5) is 11.5. The maximum Gasteiger partial charge on any atom is 0.310 e. The Morgan fingerprint density at radius 3 is 2.76 bits per heavy atom. The Hall–Kier alpha value is -1.46. The summed E-state index contributed by atoms with van der Waals surface area (Å²) >= 11 is 6.86. The molecule has 17 heavy (non-hydrogen) atoms. The highest BCUT2D eigenvalue weighted by Gasteiger charge is 2.09. The number of rotatable bonds is 4. The summed E-state index contributed by atoms with van der Waals surface area (Å²) in [6, 6.07) is 9.40. The Bertz CT molecular complexity index is 501. The molecule has 6 heteroatoms. The molecular formula is C11H9ClN2O2S. The molecule has 0 aliphatic heterocycles. The van der Waals surface area contributed by atoms with Crippen molar-refractivity contribution in [3.8, 4) is 0 Å². The number of aromatic nitrogens is 2. The van der Waals surface area contributed by atoms with E-state index < -0.39 is 0 Å². The lowest BCUT2D eigenvalue weighted by Gasteiger charge is -2.02. The van der Waals surface area contributed by atoms with Crippen LogP contribution in [-0.4, -0.2) is 15.6 Å². The highest BCUT2D eigenvalue weighted by Crippen LogP contribution is 2.17. The molecule has 0 fully saturated rings. The molecule has 88 valence electrons. The summed E-state index contributed by atoms with van der Waals surface area (Å²) in [7, 11) is 0. The van der Waals surface area contributed by atoms with Gasteiger partial charge in [0.1, 0.15) is 16.6 Å². The first-order valence-corrected chi connectivity index (χ1v) is 6.07. The van der Waals surface area contributed by atoms with Gasteiger partial charge in [-0.3, -0.25) is 4.79 Å². The largest absolute Gasteiger partial charge is 0.459 e. The number of benzene rings is 1. The van der Waals surface area contributed by atoms with Gasteiger partial charge in [-0.1, -0.05) is 46.4 Å². The van der Waals surface area contributed by atoms with E-state index in [2.05, 4.69) is 9.59 Å². The number of esters is 1. The van der Waals surface area contributed by atoms with Crippen molar-refractivity contribution < 1.29 is 9.53 Å². The smallest absolute Gasteiger partial charge is 0.310 e. The predicted octanol–water partition coefficient (Wildman–Crippen LogP) is 2.48. The lowest BCUT2D eigenvalue weighted by atomic mass is 10.2. The first-order valence-electron chi connectivity index (χ1n) is 4.92. The first kappa shape index (κ1) is 12.0. The zero-order chi connectivity index (χ0) is 12.1. The highest BCUT2D eigenvalue weighted by atomic mass is 35.5. The lowest BCUT2D eigenvalue weighted by molar-refractivity contribution is -0.144. The molecule has 1 aromatic carbocycles. The monoisotopic (exact) mass is 268 g/mol. The molecule has 4 nitrogen and oxygen atoms in total. The van der Waals surface area contributed by atoms with Crippen LogP contribution < -0.4 is 0 Å². The second-order valence-electron chi connectivity index (χ2n) is 3.32. The second-order valence-corrected chi connectivity index (χ2v) is 4.67. The molecule has 0 aliphatic rings. The number of ether oxygens (including phenoxy) is 1. The first-order chi connectivity index (χ1) is 8.25. The summed E-state index contributed by atoms with van der Waals surface area (Å²) in [6.07, 6.45) is 0.246. The van der Waals surface area contributed by atoms with Gasteiger partial charge in [0.25, 0.3) is 0 Å². The van der Waals surface area contributed by atoms with E-state index in [1.54, 1.807) is 0 Å². The van der Waals surface area contributed by atoms with Gasteiger partial charge >= 0.3 is 5.97 Å². The van der Waals surface area contributed by atoms with E-state index in [4.69, 9.17) is 16.3 Å². The van der Waals surface area contributed by atoms with Crippen LogP contribution in [0.5, 0.6) is 0 Å². The van der Waals surface area contributed by atoms with Crippen LogP contribution in [0.4, 0.5) is 0 Å². The van der Waals surface area contributed by atoms with Gasteiger partial charge in [-0.25, -0.2) is 0 Å².